The number of nitrogens with one attached hydrogen (secondary N) is 1. The van der Waals surface area contributed by atoms with Crippen LogP contribution in [0.5, 0.6) is 0 Å². The van der Waals surface area contributed by atoms with Crippen LogP contribution < -0.4 is 5.32 Å². The van der Waals surface area contributed by atoms with Gasteiger partial charge in [-0.3, -0.25) is 9.97 Å². The van der Waals surface area contributed by atoms with E-state index < -0.39 is 0 Å². The molecule has 6 heteroatoms. The van der Waals surface area contributed by atoms with Crippen molar-refractivity contribution in [2.45, 2.75) is 20.4 Å². The van der Waals surface area contributed by atoms with Crippen molar-refractivity contribution in [3.63, 3.8) is 0 Å². The monoisotopic (exact) mass is 271 g/mol. The summed E-state index contributed by atoms with van der Waals surface area (Å²) in [6.07, 6.45) is 5.13. The second kappa shape index (κ2) is 4.89. The number of hydrogen-bond donors (Lipinski definition) is 1. The van der Waals surface area contributed by atoms with Crippen molar-refractivity contribution in [1.82, 2.24) is 19.9 Å². The molecule has 0 aliphatic rings. The van der Waals surface area contributed by atoms with Gasteiger partial charge in [0.1, 0.15) is 12.1 Å². The number of rotatable bonds is 3. The van der Waals surface area contributed by atoms with Gasteiger partial charge in [-0.15, -0.1) is 11.3 Å². The van der Waals surface area contributed by atoms with Crippen molar-refractivity contribution in [3.8, 4) is 0 Å². The molecule has 5 nitrogen and oxygen atoms in total. The third-order valence-corrected chi connectivity index (χ3v) is 3.90. The molecule has 0 bridgehead atoms. The summed E-state index contributed by atoms with van der Waals surface area (Å²) >= 11 is 1.65. The molecule has 0 saturated carbocycles. The van der Waals surface area contributed by atoms with Crippen LogP contribution >= 0.6 is 11.3 Å². The van der Waals surface area contributed by atoms with E-state index in [-0.39, 0.29) is 0 Å². The van der Waals surface area contributed by atoms with E-state index in [0.717, 1.165) is 27.4 Å². The quantitative estimate of drug-likeness (QED) is 0.793. The van der Waals surface area contributed by atoms with Gasteiger partial charge in [0.05, 0.1) is 34.3 Å². The van der Waals surface area contributed by atoms with Gasteiger partial charge >= 0.3 is 0 Å². The van der Waals surface area contributed by atoms with E-state index in [4.69, 9.17) is 0 Å². The van der Waals surface area contributed by atoms with Crippen LogP contribution in [0, 0.1) is 13.8 Å². The van der Waals surface area contributed by atoms with Crippen LogP contribution in [0.3, 0.4) is 0 Å². The summed E-state index contributed by atoms with van der Waals surface area (Å²) in [5, 5.41) is 5.39. The topological polar surface area (TPSA) is 63.6 Å². The number of thiophene rings is 1. The van der Waals surface area contributed by atoms with E-state index in [2.05, 4.69) is 37.6 Å². The molecular formula is C13H13N5S. The molecule has 0 atom stereocenters. The Morgan fingerprint density at radius 1 is 1.11 bits per heavy atom. The Morgan fingerprint density at radius 3 is 2.79 bits per heavy atom. The van der Waals surface area contributed by atoms with Gasteiger partial charge in [0.2, 0.25) is 0 Å². The first-order chi connectivity index (χ1) is 9.24. The van der Waals surface area contributed by atoms with Crippen LogP contribution in [0.1, 0.15) is 17.0 Å². The molecule has 0 unspecified atom stereocenters. The molecule has 3 heterocycles. The van der Waals surface area contributed by atoms with Crippen LogP contribution in [0.4, 0.5) is 5.82 Å². The van der Waals surface area contributed by atoms with Crippen molar-refractivity contribution >= 4 is 27.4 Å². The second-order valence-electron chi connectivity index (χ2n) is 4.32. The summed E-state index contributed by atoms with van der Waals surface area (Å²) in [6.45, 7) is 4.59. The molecule has 0 fully saturated rings. The molecule has 0 amide bonds. The standard InChI is InChI=1S/C13H13N5S/c1-8-6-19-12-11(8)17-7-18-13(12)16-5-10-4-14-9(2)3-15-10/h3-4,6-7H,5H2,1-2H3,(H,16,17,18). The molecule has 96 valence electrons. The molecule has 0 aliphatic heterocycles. The molecule has 3 aromatic rings. The maximum absolute atomic E-state index is 4.31. The molecular weight excluding hydrogens is 258 g/mol. The molecule has 19 heavy (non-hydrogen) atoms. The number of nitrogens with zero attached hydrogens (tertiary/aromatic N) is 4. The Labute approximate surface area is 114 Å². The Bertz CT molecular complexity index is 705. The molecule has 3 rings (SSSR count). The lowest BCUT2D eigenvalue weighted by molar-refractivity contribution is 0.977. The predicted octanol–water partition coefficient (Wildman–Crippen LogP) is 2.71. The van der Waals surface area contributed by atoms with Crippen LogP contribution in [-0.4, -0.2) is 19.9 Å². The number of hydrogen-bond acceptors (Lipinski definition) is 6. The van der Waals surface area contributed by atoms with Crippen LogP contribution in [-0.2, 0) is 6.54 Å². The normalized spacial score (nSPS) is 10.8. The fraction of sp³-hybridized carbons (Fsp3) is 0.231. The third-order valence-electron chi connectivity index (χ3n) is 2.80. The maximum Gasteiger partial charge on any atom is 0.147 e. The zero-order valence-electron chi connectivity index (χ0n) is 10.7. The Kier molecular flexibility index (Phi) is 3.08. The third kappa shape index (κ3) is 2.39. The molecule has 0 aromatic carbocycles. The summed E-state index contributed by atoms with van der Waals surface area (Å²) in [6, 6.07) is 0. The Balaban J connectivity index is 1.83. The van der Waals surface area contributed by atoms with Gasteiger partial charge in [0.15, 0.2) is 0 Å². The zero-order valence-corrected chi connectivity index (χ0v) is 11.5. The second-order valence-corrected chi connectivity index (χ2v) is 5.20. The van der Waals surface area contributed by atoms with Crippen molar-refractivity contribution in [2.24, 2.45) is 0 Å². The number of anilines is 1. The molecule has 0 radical (unpaired) electrons. The van der Waals surface area contributed by atoms with Gasteiger partial charge in [0, 0.05) is 6.20 Å². The van der Waals surface area contributed by atoms with E-state index in [9.17, 15) is 0 Å². The Morgan fingerprint density at radius 2 is 2.00 bits per heavy atom. The average molecular weight is 271 g/mol. The molecule has 1 N–H and O–H groups in total. The number of aromatic nitrogens is 4. The maximum atomic E-state index is 4.31. The molecule has 3 aromatic heterocycles. The van der Waals surface area contributed by atoms with E-state index in [0.29, 0.717) is 6.54 Å². The van der Waals surface area contributed by atoms with Gasteiger partial charge in [0.25, 0.3) is 0 Å². The average Bonchev–Trinajstić information content (AvgIpc) is 2.81. The van der Waals surface area contributed by atoms with Crippen molar-refractivity contribution < 1.29 is 0 Å². The summed E-state index contributed by atoms with van der Waals surface area (Å²) in [4.78, 5) is 17.1. The highest BCUT2D eigenvalue weighted by molar-refractivity contribution is 7.18. The van der Waals surface area contributed by atoms with Crippen molar-refractivity contribution in [2.75, 3.05) is 5.32 Å². The van der Waals surface area contributed by atoms with Crippen LogP contribution in [0.15, 0.2) is 24.1 Å². The van der Waals surface area contributed by atoms with Crippen molar-refractivity contribution in [3.05, 3.63) is 41.1 Å². The minimum Gasteiger partial charge on any atom is -0.363 e. The van der Waals surface area contributed by atoms with Gasteiger partial charge in [-0.05, 0) is 24.8 Å². The number of fused-ring (bicyclic) bond motifs is 1. The lowest BCUT2D eigenvalue weighted by Crippen LogP contribution is -2.04. The van der Waals surface area contributed by atoms with E-state index in [1.165, 1.54) is 5.56 Å². The zero-order chi connectivity index (χ0) is 13.2. The Hall–Kier alpha value is -2.08. The largest absolute Gasteiger partial charge is 0.363 e. The molecule has 0 spiro atoms. The van der Waals surface area contributed by atoms with Gasteiger partial charge in [-0.25, -0.2) is 9.97 Å². The predicted molar refractivity (Wildman–Crippen MR) is 76.2 cm³/mol. The summed E-state index contributed by atoms with van der Waals surface area (Å²) in [5.74, 6) is 0.852. The first kappa shape index (κ1) is 12.0. The van der Waals surface area contributed by atoms with E-state index >= 15 is 0 Å². The minimum atomic E-state index is 0.607. The van der Waals surface area contributed by atoms with Gasteiger partial charge in [-0.2, -0.15) is 0 Å². The van der Waals surface area contributed by atoms with Gasteiger partial charge < -0.3 is 5.32 Å². The highest BCUT2D eigenvalue weighted by Gasteiger charge is 2.07. The lowest BCUT2D eigenvalue weighted by atomic mass is 10.3. The van der Waals surface area contributed by atoms with E-state index in [1.54, 1.807) is 30.1 Å². The lowest BCUT2D eigenvalue weighted by Gasteiger charge is -2.05. The molecule has 0 saturated heterocycles. The van der Waals surface area contributed by atoms with Gasteiger partial charge in [-0.1, -0.05) is 0 Å². The smallest absolute Gasteiger partial charge is 0.147 e. The SMILES string of the molecule is Cc1cnc(CNc2ncnc3c(C)csc23)cn1. The van der Waals surface area contributed by atoms with E-state index in [1.807, 2.05) is 6.92 Å². The fourth-order valence-corrected chi connectivity index (χ4v) is 2.75. The highest BCUT2D eigenvalue weighted by atomic mass is 32.1. The first-order valence-corrected chi connectivity index (χ1v) is 6.82. The molecule has 0 aliphatic carbocycles. The van der Waals surface area contributed by atoms with Crippen LogP contribution in [0.25, 0.3) is 10.2 Å². The summed E-state index contributed by atoms with van der Waals surface area (Å²) in [5.41, 5.74) is 4.01. The minimum absolute atomic E-state index is 0.607. The fourth-order valence-electron chi connectivity index (χ4n) is 1.78. The summed E-state index contributed by atoms with van der Waals surface area (Å²) < 4.78 is 1.08. The van der Waals surface area contributed by atoms with Crippen LogP contribution in [0.2, 0.25) is 0 Å². The van der Waals surface area contributed by atoms with Crippen molar-refractivity contribution in [1.29, 1.82) is 0 Å². The number of aryl methyl sites for hydroxylation is 2. The highest BCUT2D eigenvalue weighted by Crippen LogP contribution is 2.28. The summed E-state index contributed by atoms with van der Waals surface area (Å²) in [7, 11) is 0. The first-order valence-electron chi connectivity index (χ1n) is 5.94.